The number of rotatable bonds is 0. The number of carbonyl (C=O) groups excluding carboxylic acids is 1. The number of thiazole rings is 1. The van der Waals surface area contributed by atoms with E-state index in [2.05, 4.69) is 53.5 Å². The van der Waals surface area contributed by atoms with Gasteiger partial charge in [-0.15, -0.1) is 10.2 Å². The normalized spacial score (nSPS) is 15.3. The SMILES string of the molecule is Cc1cccc2sc3nncn3c12.O=C1CCc2cccc3c2N1CC3. The highest BCUT2D eigenvalue weighted by molar-refractivity contribution is 7.23. The van der Waals surface area contributed by atoms with E-state index < -0.39 is 0 Å². The minimum Gasteiger partial charge on any atom is -0.312 e. The molecule has 6 heteroatoms. The Balaban J connectivity index is 0.000000115. The third-order valence-electron chi connectivity index (χ3n) is 5.15. The molecule has 0 radical (unpaired) electrons. The maximum atomic E-state index is 11.5. The Bertz CT molecular complexity index is 1140. The molecule has 0 N–H and O–H groups in total. The summed E-state index contributed by atoms with van der Waals surface area (Å²) in [6.07, 6.45) is 4.42. The van der Waals surface area contributed by atoms with Gasteiger partial charge in [0.2, 0.25) is 10.9 Å². The Morgan fingerprint density at radius 1 is 1.04 bits per heavy atom. The number of amides is 1. The van der Waals surface area contributed by atoms with Gasteiger partial charge in [-0.25, -0.2) is 0 Å². The lowest BCUT2D eigenvalue weighted by molar-refractivity contribution is -0.118. The molecule has 2 aliphatic heterocycles. The molecular weight excluding hydrogens is 344 g/mol. The van der Waals surface area contributed by atoms with Crippen molar-refractivity contribution in [2.24, 2.45) is 0 Å². The van der Waals surface area contributed by atoms with Gasteiger partial charge in [-0.1, -0.05) is 41.7 Å². The number of nitrogens with zero attached hydrogens (tertiary/aromatic N) is 4. The number of hydrogen-bond donors (Lipinski definition) is 0. The summed E-state index contributed by atoms with van der Waals surface area (Å²) in [6.45, 7) is 3.00. The van der Waals surface area contributed by atoms with E-state index in [1.807, 2.05) is 9.30 Å². The molecule has 0 atom stereocenters. The fraction of sp³-hybridized carbons (Fsp3) is 0.250. The fourth-order valence-corrected chi connectivity index (χ4v) is 4.96. The zero-order valence-electron chi connectivity index (χ0n) is 14.5. The largest absolute Gasteiger partial charge is 0.312 e. The third kappa shape index (κ3) is 2.33. The molecular formula is C20H18N4OS. The topological polar surface area (TPSA) is 50.5 Å². The highest BCUT2D eigenvalue weighted by Crippen LogP contribution is 2.36. The molecule has 0 saturated carbocycles. The zero-order chi connectivity index (χ0) is 17.7. The van der Waals surface area contributed by atoms with E-state index in [9.17, 15) is 4.79 Å². The van der Waals surface area contributed by atoms with Crippen LogP contribution in [0.25, 0.3) is 15.2 Å². The predicted molar refractivity (Wildman–Crippen MR) is 104 cm³/mol. The third-order valence-corrected chi connectivity index (χ3v) is 6.16. The molecule has 0 unspecified atom stereocenters. The minimum absolute atomic E-state index is 0.303. The van der Waals surface area contributed by atoms with Crippen LogP contribution < -0.4 is 4.90 Å². The second kappa shape index (κ2) is 5.92. The van der Waals surface area contributed by atoms with Gasteiger partial charge in [0.1, 0.15) is 6.33 Å². The summed E-state index contributed by atoms with van der Waals surface area (Å²) >= 11 is 1.67. The van der Waals surface area contributed by atoms with Crippen molar-refractivity contribution in [2.45, 2.75) is 26.2 Å². The van der Waals surface area contributed by atoms with Crippen LogP contribution in [0.2, 0.25) is 0 Å². The molecule has 130 valence electrons. The van der Waals surface area contributed by atoms with Crippen LogP contribution >= 0.6 is 11.3 Å². The average Bonchev–Trinajstić information content (AvgIpc) is 3.34. The molecule has 6 rings (SSSR count). The molecule has 5 nitrogen and oxygen atoms in total. The van der Waals surface area contributed by atoms with E-state index in [1.54, 1.807) is 17.7 Å². The summed E-state index contributed by atoms with van der Waals surface area (Å²) in [5, 5.41) is 7.90. The van der Waals surface area contributed by atoms with Gasteiger partial charge >= 0.3 is 0 Å². The lowest BCUT2D eigenvalue weighted by atomic mass is 10.00. The summed E-state index contributed by atoms with van der Waals surface area (Å²) in [6, 6.07) is 12.7. The van der Waals surface area contributed by atoms with Crippen LogP contribution in [0.4, 0.5) is 5.69 Å². The van der Waals surface area contributed by atoms with Crippen molar-refractivity contribution in [3.63, 3.8) is 0 Å². The zero-order valence-corrected chi connectivity index (χ0v) is 15.3. The molecule has 4 heterocycles. The van der Waals surface area contributed by atoms with Crippen molar-refractivity contribution >= 4 is 38.1 Å². The second-order valence-electron chi connectivity index (χ2n) is 6.73. The number of fused-ring (bicyclic) bond motifs is 3. The van der Waals surface area contributed by atoms with E-state index in [1.165, 1.54) is 32.6 Å². The molecule has 0 saturated heterocycles. The van der Waals surface area contributed by atoms with Crippen LogP contribution in [0.3, 0.4) is 0 Å². The first kappa shape index (κ1) is 15.5. The molecule has 2 aromatic carbocycles. The summed E-state index contributed by atoms with van der Waals surface area (Å²) in [5.41, 5.74) is 6.43. The minimum atomic E-state index is 0.303. The van der Waals surface area contributed by atoms with Gasteiger partial charge < -0.3 is 4.90 Å². The van der Waals surface area contributed by atoms with Gasteiger partial charge in [0.15, 0.2) is 0 Å². The van der Waals surface area contributed by atoms with Crippen LogP contribution in [0.1, 0.15) is 23.1 Å². The number of hydrogen-bond acceptors (Lipinski definition) is 4. The van der Waals surface area contributed by atoms with Crippen molar-refractivity contribution < 1.29 is 4.79 Å². The maximum absolute atomic E-state index is 11.5. The first-order chi connectivity index (χ1) is 12.7. The number of anilines is 1. The Morgan fingerprint density at radius 2 is 1.85 bits per heavy atom. The summed E-state index contributed by atoms with van der Waals surface area (Å²) in [5.74, 6) is 0.303. The lowest BCUT2D eigenvalue weighted by Crippen LogP contribution is -2.32. The summed E-state index contributed by atoms with van der Waals surface area (Å²) in [7, 11) is 0. The summed E-state index contributed by atoms with van der Waals surface area (Å²) in [4.78, 5) is 14.5. The number of carbonyl (C=O) groups is 1. The van der Waals surface area contributed by atoms with Crippen molar-refractivity contribution in [3.05, 3.63) is 59.4 Å². The van der Waals surface area contributed by atoms with E-state index in [0.29, 0.717) is 12.3 Å². The fourth-order valence-electron chi connectivity index (χ4n) is 3.93. The van der Waals surface area contributed by atoms with Crippen molar-refractivity contribution in [2.75, 3.05) is 11.4 Å². The molecule has 2 aliphatic rings. The van der Waals surface area contributed by atoms with Gasteiger partial charge in [-0.3, -0.25) is 9.20 Å². The number of para-hydroxylation sites is 2. The van der Waals surface area contributed by atoms with Crippen LogP contribution in [0.15, 0.2) is 42.7 Å². The maximum Gasteiger partial charge on any atom is 0.227 e. The van der Waals surface area contributed by atoms with Crippen molar-refractivity contribution in [3.8, 4) is 0 Å². The number of aromatic nitrogens is 3. The van der Waals surface area contributed by atoms with Gasteiger partial charge in [0.05, 0.1) is 15.9 Å². The highest BCUT2D eigenvalue weighted by atomic mass is 32.1. The molecule has 26 heavy (non-hydrogen) atoms. The Morgan fingerprint density at radius 3 is 2.73 bits per heavy atom. The smallest absolute Gasteiger partial charge is 0.227 e. The molecule has 0 bridgehead atoms. The van der Waals surface area contributed by atoms with Crippen LogP contribution in [-0.4, -0.2) is 27.0 Å². The Kier molecular flexibility index (Phi) is 3.53. The predicted octanol–water partition coefficient (Wildman–Crippen LogP) is 3.77. The first-order valence-corrected chi connectivity index (χ1v) is 9.63. The standard InChI is InChI=1S/C11H11NO.C9H7N3S/c13-10-5-4-8-2-1-3-9-6-7-12(10)11(8)9;1-6-3-2-4-7-8(6)12-5-10-11-9(12)13-7/h1-3H,4-7H2;2-5H,1H3. The summed E-state index contributed by atoms with van der Waals surface area (Å²) < 4.78 is 3.31. The van der Waals surface area contributed by atoms with Gasteiger partial charge in [0.25, 0.3) is 0 Å². The number of aryl methyl sites for hydroxylation is 2. The van der Waals surface area contributed by atoms with Gasteiger partial charge in [0, 0.05) is 13.0 Å². The molecule has 0 spiro atoms. The van der Waals surface area contributed by atoms with Crippen molar-refractivity contribution in [1.29, 1.82) is 0 Å². The molecule has 1 amide bonds. The van der Waals surface area contributed by atoms with Crippen molar-refractivity contribution in [1.82, 2.24) is 14.6 Å². The van der Waals surface area contributed by atoms with Crippen LogP contribution in [-0.2, 0) is 17.6 Å². The number of benzene rings is 2. The Labute approximate surface area is 154 Å². The van der Waals surface area contributed by atoms with Crippen LogP contribution in [0.5, 0.6) is 0 Å². The quantitative estimate of drug-likeness (QED) is 0.478. The average molecular weight is 362 g/mol. The van der Waals surface area contributed by atoms with Crippen LogP contribution in [0, 0.1) is 6.92 Å². The van der Waals surface area contributed by atoms with E-state index in [-0.39, 0.29) is 0 Å². The van der Waals surface area contributed by atoms with Gasteiger partial charge in [-0.2, -0.15) is 0 Å². The molecule has 2 aromatic heterocycles. The van der Waals surface area contributed by atoms with E-state index >= 15 is 0 Å². The highest BCUT2D eigenvalue weighted by Gasteiger charge is 2.30. The first-order valence-electron chi connectivity index (χ1n) is 8.81. The van der Waals surface area contributed by atoms with E-state index in [0.717, 1.165) is 24.3 Å². The van der Waals surface area contributed by atoms with Gasteiger partial charge in [-0.05, 0) is 42.5 Å². The molecule has 0 aliphatic carbocycles. The molecule has 0 fully saturated rings. The Hall–Kier alpha value is -2.73. The second-order valence-corrected chi connectivity index (χ2v) is 7.74. The lowest BCUT2D eigenvalue weighted by Gasteiger charge is -2.24. The monoisotopic (exact) mass is 362 g/mol. The molecule has 4 aromatic rings. The van der Waals surface area contributed by atoms with E-state index in [4.69, 9.17) is 0 Å².